The van der Waals surface area contributed by atoms with Gasteiger partial charge < -0.3 is 4.90 Å². The first kappa shape index (κ1) is 13.9. The lowest BCUT2D eigenvalue weighted by molar-refractivity contribution is 0.0706. The summed E-state index contributed by atoms with van der Waals surface area (Å²) in [5.41, 5.74) is 2.46. The standard InChI is InChI=1S/C17H17N5O/c23-17(12-4-1-7-18-10-12)22-9-3-5-13(11-22)15-14-6-2-8-19-16(14)21-20-15/h1-2,4,6-8,10,13H,3,5,9,11H2,(H,19,20,21)/t13-/m1/s1. The van der Waals surface area contributed by atoms with Crippen molar-refractivity contribution in [2.24, 2.45) is 0 Å². The molecule has 1 amide bonds. The minimum Gasteiger partial charge on any atom is -0.338 e. The van der Waals surface area contributed by atoms with E-state index in [9.17, 15) is 4.79 Å². The van der Waals surface area contributed by atoms with Crippen LogP contribution >= 0.6 is 0 Å². The lowest BCUT2D eigenvalue weighted by Gasteiger charge is -2.32. The van der Waals surface area contributed by atoms with Gasteiger partial charge in [-0.15, -0.1) is 0 Å². The van der Waals surface area contributed by atoms with Crippen LogP contribution in [0.1, 0.15) is 34.8 Å². The number of hydrogen-bond acceptors (Lipinski definition) is 4. The van der Waals surface area contributed by atoms with Crippen molar-refractivity contribution in [1.29, 1.82) is 0 Å². The molecule has 3 aromatic rings. The Morgan fingerprint density at radius 2 is 2.17 bits per heavy atom. The predicted molar refractivity (Wildman–Crippen MR) is 86.0 cm³/mol. The van der Waals surface area contributed by atoms with E-state index in [2.05, 4.69) is 20.2 Å². The molecule has 116 valence electrons. The minimum absolute atomic E-state index is 0.0461. The van der Waals surface area contributed by atoms with E-state index in [4.69, 9.17) is 0 Å². The Bertz CT molecular complexity index is 829. The molecular weight excluding hydrogens is 290 g/mol. The van der Waals surface area contributed by atoms with Crippen LogP contribution in [0, 0.1) is 0 Å². The molecular formula is C17H17N5O. The number of carbonyl (C=O) groups is 1. The number of aromatic nitrogens is 4. The summed E-state index contributed by atoms with van der Waals surface area (Å²) in [7, 11) is 0. The summed E-state index contributed by atoms with van der Waals surface area (Å²) in [6.07, 6.45) is 7.08. The Kier molecular flexibility index (Phi) is 3.49. The van der Waals surface area contributed by atoms with Gasteiger partial charge in [0.1, 0.15) is 0 Å². The molecule has 3 aromatic heterocycles. The quantitative estimate of drug-likeness (QED) is 0.788. The molecule has 1 saturated heterocycles. The molecule has 4 rings (SSSR count). The van der Waals surface area contributed by atoms with Crippen molar-refractivity contribution < 1.29 is 4.79 Å². The number of pyridine rings is 2. The molecule has 1 atom stereocenters. The van der Waals surface area contributed by atoms with Crippen molar-refractivity contribution in [2.75, 3.05) is 13.1 Å². The third-order valence-electron chi connectivity index (χ3n) is 4.38. The second-order valence-corrected chi connectivity index (χ2v) is 5.84. The van der Waals surface area contributed by atoms with Gasteiger partial charge in [0, 0.05) is 48.7 Å². The van der Waals surface area contributed by atoms with Crippen LogP contribution in [0.3, 0.4) is 0 Å². The summed E-state index contributed by atoms with van der Waals surface area (Å²) in [4.78, 5) is 22.8. The maximum absolute atomic E-state index is 12.6. The van der Waals surface area contributed by atoms with Gasteiger partial charge in [0.05, 0.1) is 5.56 Å². The van der Waals surface area contributed by atoms with E-state index in [1.807, 2.05) is 23.1 Å². The normalized spacial score (nSPS) is 18.3. The Balaban J connectivity index is 1.59. The second-order valence-electron chi connectivity index (χ2n) is 5.84. The van der Waals surface area contributed by atoms with Gasteiger partial charge in [-0.25, -0.2) is 4.98 Å². The molecule has 23 heavy (non-hydrogen) atoms. The molecule has 6 heteroatoms. The third-order valence-corrected chi connectivity index (χ3v) is 4.38. The highest BCUT2D eigenvalue weighted by molar-refractivity contribution is 5.94. The molecule has 1 aliphatic rings. The molecule has 0 spiro atoms. The number of fused-ring (bicyclic) bond motifs is 1. The SMILES string of the molecule is O=C(c1cccnc1)N1CCC[C@@H](c2[nH]nc3ncccc23)C1. The van der Waals surface area contributed by atoms with Crippen LogP contribution in [-0.2, 0) is 0 Å². The van der Waals surface area contributed by atoms with Crippen molar-refractivity contribution >= 4 is 16.9 Å². The molecule has 0 bridgehead atoms. The Labute approximate surface area is 133 Å². The number of hydrogen-bond donors (Lipinski definition) is 1. The number of likely N-dealkylation sites (tertiary alicyclic amines) is 1. The average molecular weight is 307 g/mol. The number of rotatable bonds is 2. The highest BCUT2D eigenvalue weighted by Crippen LogP contribution is 2.30. The van der Waals surface area contributed by atoms with Crippen molar-refractivity contribution in [2.45, 2.75) is 18.8 Å². The van der Waals surface area contributed by atoms with Crippen molar-refractivity contribution in [1.82, 2.24) is 25.1 Å². The zero-order valence-electron chi connectivity index (χ0n) is 12.6. The summed E-state index contributed by atoms with van der Waals surface area (Å²) in [5, 5.41) is 8.44. The van der Waals surface area contributed by atoms with Gasteiger partial charge in [0.15, 0.2) is 5.65 Å². The first-order valence-corrected chi connectivity index (χ1v) is 7.81. The minimum atomic E-state index is 0.0461. The highest BCUT2D eigenvalue weighted by atomic mass is 16.2. The fraction of sp³-hybridized carbons (Fsp3) is 0.294. The molecule has 0 aromatic carbocycles. The van der Waals surface area contributed by atoms with Gasteiger partial charge in [-0.1, -0.05) is 0 Å². The zero-order valence-corrected chi connectivity index (χ0v) is 12.6. The molecule has 0 radical (unpaired) electrons. The highest BCUT2D eigenvalue weighted by Gasteiger charge is 2.27. The Morgan fingerprint density at radius 1 is 1.26 bits per heavy atom. The summed E-state index contributed by atoms with van der Waals surface area (Å²) < 4.78 is 0. The van der Waals surface area contributed by atoms with Gasteiger partial charge in [0.2, 0.25) is 0 Å². The Morgan fingerprint density at radius 3 is 3.04 bits per heavy atom. The number of piperidine rings is 1. The number of aromatic amines is 1. The van der Waals surface area contributed by atoms with Crippen LogP contribution in [0.15, 0.2) is 42.9 Å². The number of nitrogens with one attached hydrogen (secondary N) is 1. The number of amides is 1. The summed E-state index contributed by atoms with van der Waals surface area (Å²) in [6, 6.07) is 7.56. The van der Waals surface area contributed by atoms with Crippen LogP contribution in [0.5, 0.6) is 0 Å². The molecule has 1 fully saturated rings. The van der Waals surface area contributed by atoms with Gasteiger partial charge in [-0.3, -0.25) is 14.9 Å². The van der Waals surface area contributed by atoms with Gasteiger partial charge in [-0.2, -0.15) is 5.10 Å². The van der Waals surface area contributed by atoms with E-state index < -0.39 is 0 Å². The largest absolute Gasteiger partial charge is 0.338 e. The van der Waals surface area contributed by atoms with Gasteiger partial charge in [-0.05, 0) is 37.1 Å². The molecule has 1 N–H and O–H groups in total. The van der Waals surface area contributed by atoms with E-state index in [0.29, 0.717) is 12.1 Å². The van der Waals surface area contributed by atoms with Gasteiger partial charge >= 0.3 is 0 Å². The topological polar surface area (TPSA) is 74.8 Å². The van der Waals surface area contributed by atoms with Crippen LogP contribution in [0.2, 0.25) is 0 Å². The van der Waals surface area contributed by atoms with Crippen molar-refractivity contribution in [3.8, 4) is 0 Å². The molecule has 1 aliphatic heterocycles. The third kappa shape index (κ3) is 2.56. The summed E-state index contributed by atoms with van der Waals surface area (Å²) >= 11 is 0. The van der Waals surface area contributed by atoms with E-state index in [-0.39, 0.29) is 11.8 Å². The van der Waals surface area contributed by atoms with Crippen LogP contribution < -0.4 is 0 Å². The number of carbonyl (C=O) groups excluding carboxylic acids is 1. The summed E-state index contributed by atoms with van der Waals surface area (Å²) in [5.74, 6) is 0.309. The molecule has 0 saturated carbocycles. The Hall–Kier alpha value is -2.76. The maximum atomic E-state index is 12.6. The van der Waals surface area contributed by atoms with E-state index in [0.717, 1.165) is 36.1 Å². The molecule has 0 aliphatic carbocycles. The molecule has 0 unspecified atom stereocenters. The lowest BCUT2D eigenvalue weighted by Crippen LogP contribution is -2.39. The van der Waals surface area contributed by atoms with E-state index in [1.165, 1.54) is 0 Å². The monoisotopic (exact) mass is 307 g/mol. The first-order chi connectivity index (χ1) is 11.3. The number of H-pyrrole nitrogens is 1. The van der Waals surface area contributed by atoms with Crippen LogP contribution in [-0.4, -0.2) is 44.1 Å². The van der Waals surface area contributed by atoms with E-state index in [1.54, 1.807) is 24.7 Å². The van der Waals surface area contributed by atoms with Crippen LogP contribution in [0.25, 0.3) is 11.0 Å². The molecule has 6 nitrogen and oxygen atoms in total. The number of nitrogens with zero attached hydrogens (tertiary/aromatic N) is 4. The smallest absolute Gasteiger partial charge is 0.255 e. The summed E-state index contributed by atoms with van der Waals surface area (Å²) in [6.45, 7) is 1.48. The van der Waals surface area contributed by atoms with Crippen molar-refractivity contribution in [3.63, 3.8) is 0 Å². The van der Waals surface area contributed by atoms with Crippen LogP contribution in [0.4, 0.5) is 0 Å². The lowest BCUT2D eigenvalue weighted by atomic mass is 9.93. The fourth-order valence-corrected chi connectivity index (χ4v) is 3.25. The average Bonchev–Trinajstić information content (AvgIpc) is 3.06. The van der Waals surface area contributed by atoms with Crippen molar-refractivity contribution in [3.05, 3.63) is 54.1 Å². The van der Waals surface area contributed by atoms with Gasteiger partial charge in [0.25, 0.3) is 5.91 Å². The second kappa shape index (κ2) is 5.79. The molecule has 4 heterocycles. The first-order valence-electron chi connectivity index (χ1n) is 7.81. The van der Waals surface area contributed by atoms with E-state index >= 15 is 0 Å². The zero-order chi connectivity index (χ0) is 15.6. The maximum Gasteiger partial charge on any atom is 0.255 e. The fourth-order valence-electron chi connectivity index (χ4n) is 3.25. The predicted octanol–water partition coefficient (Wildman–Crippen LogP) is 2.37.